The molecule has 7 nitrogen and oxygen atoms in total. The third-order valence-corrected chi connectivity index (χ3v) is 1.98. The van der Waals surface area contributed by atoms with Crippen LogP contribution in [0, 0.1) is 6.92 Å². The van der Waals surface area contributed by atoms with Crippen LogP contribution in [0.5, 0.6) is 0 Å². The molecule has 0 saturated carbocycles. The van der Waals surface area contributed by atoms with Gasteiger partial charge in [0.15, 0.2) is 5.69 Å². The van der Waals surface area contributed by atoms with E-state index >= 15 is 0 Å². The van der Waals surface area contributed by atoms with Gasteiger partial charge in [-0.3, -0.25) is 4.79 Å². The average molecular weight is 218 g/mol. The zero-order chi connectivity index (χ0) is 11.5. The van der Waals surface area contributed by atoms with E-state index in [1.54, 1.807) is 6.07 Å². The molecule has 0 unspecified atom stereocenters. The first-order valence-corrected chi connectivity index (χ1v) is 4.56. The van der Waals surface area contributed by atoms with Gasteiger partial charge in [-0.15, -0.1) is 0 Å². The second-order valence-electron chi connectivity index (χ2n) is 3.24. The molecule has 0 aromatic carbocycles. The number of aryl methyl sites for hydroxylation is 1. The topological polar surface area (TPSA) is 110 Å². The number of carbonyl (C=O) groups excluding carboxylic acids is 1. The second-order valence-corrected chi connectivity index (χ2v) is 3.24. The van der Waals surface area contributed by atoms with Crippen molar-refractivity contribution < 1.29 is 4.79 Å². The molecule has 82 valence electrons. The highest BCUT2D eigenvalue weighted by atomic mass is 16.2. The van der Waals surface area contributed by atoms with Gasteiger partial charge in [-0.25, -0.2) is 4.98 Å². The van der Waals surface area contributed by atoms with Crippen LogP contribution in [0.3, 0.4) is 0 Å². The van der Waals surface area contributed by atoms with Crippen LogP contribution in [0.1, 0.15) is 16.1 Å². The Morgan fingerprint density at radius 2 is 2.31 bits per heavy atom. The maximum Gasteiger partial charge on any atom is 0.278 e. The van der Waals surface area contributed by atoms with Gasteiger partial charge in [-0.2, -0.15) is 15.4 Å². The molecular formula is C9H10N6O. The second kappa shape index (κ2) is 3.97. The smallest absolute Gasteiger partial charge is 0.278 e. The fraction of sp³-hybridized carbons (Fsp3) is 0.111. The van der Waals surface area contributed by atoms with Crippen LogP contribution < -0.4 is 11.1 Å². The van der Waals surface area contributed by atoms with Gasteiger partial charge >= 0.3 is 0 Å². The summed E-state index contributed by atoms with van der Waals surface area (Å²) in [6.07, 6.45) is 2.81. The fourth-order valence-electron chi connectivity index (χ4n) is 1.21. The molecule has 0 fully saturated rings. The van der Waals surface area contributed by atoms with Crippen molar-refractivity contribution >= 4 is 17.4 Å². The number of nitrogen functional groups attached to an aromatic ring is 1. The number of H-pyrrole nitrogens is 1. The summed E-state index contributed by atoms with van der Waals surface area (Å²) >= 11 is 0. The van der Waals surface area contributed by atoms with Crippen LogP contribution >= 0.6 is 0 Å². The Morgan fingerprint density at radius 3 is 2.94 bits per heavy atom. The predicted octanol–water partition coefficient (Wildman–Crippen LogP) is 0.343. The van der Waals surface area contributed by atoms with Gasteiger partial charge < -0.3 is 11.1 Å². The highest BCUT2D eigenvalue weighted by Crippen LogP contribution is 2.14. The Bertz CT molecular complexity index is 507. The number of hydrogen-bond acceptors (Lipinski definition) is 5. The summed E-state index contributed by atoms with van der Waals surface area (Å²) < 4.78 is 0. The molecule has 2 aromatic heterocycles. The van der Waals surface area contributed by atoms with E-state index in [1.165, 1.54) is 12.4 Å². The van der Waals surface area contributed by atoms with Crippen LogP contribution in [0.25, 0.3) is 0 Å². The highest BCUT2D eigenvalue weighted by molar-refractivity contribution is 6.02. The Kier molecular flexibility index (Phi) is 2.50. The normalized spacial score (nSPS) is 10.1. The first-order valence-electron chi connectivity index (χ1n) is 4.56. The summed E-state index contributed by atoms with van der Waals surface area (Å²) in [4.78, 5) is 15.6. The maximum absolute atomic E-state index is 11.6. The predicted molar refractivity (Wildman–Crippen MR) is 57.7 cm³/mol. The van der Waals surface area contributed by atoms with Crippen molar-refractivity contribution in [2.75, 3.05) is 11.1 Å². The average Bonchev–Trinajstić information content (AvgIpc) is 2.75. The van der Waals surface area contributed by atoms with Crippen molar-refractivity contribution in [1.82, 2.24) is 20.4 Å². The van der Waals surface area contributed by atoms with Crippen molar-refractivity contribution in [3.05, 3.63) is 29.7 Å². The van der Waals surface area contributed by atoms with E-state index in [1.807, 2.05) is 6.92 Å². The molecule has 0 saturated heterocycles. The summed E-state index contributed by atoms with van der Waals surface area (Å²) in [7, 11) is 0. The van der Waals surface area contributed by atoms with E-state index in [2.05, 4.69) is 25.7 Å². The Balaban J connectivity index is 2.18. The van der Waals surface area contributed by atoms with Crippen LogP contribution in [-0.4, -0.2) is 26.3 Å². The molecule has 7 heteroatoms. The highest BCUT2D eigenvalue weighted by Gasteiger charge is 2.10. The van der Waals surface area contributed by atoms with Gasteiger partial charge in [-0.1, -0.05) is 0 Å². The van der Waals surface area contributed by atoms with Crippen LogP contribution in [0.2, 0.25) is 0 Å². The summed E-state index contributed by atoms with van der Waals surface area (Å²) in [6, 6.07) is 1.73. The molecule has 4 N–H and O–H groups in total. The zero-order valence-electron chi connectivity index (χ0n) is 8.56. The van der Waals surface area contributed by atoms with E-state index in [4.69, 9.17) is 5.73 Å². The minimum atomic E-state index is -0.367. The SMILES string of the molecule is Cc1cc(N)cnc1NC(=O)c1cn[nH]n1. The number of amides is 1. The number of carbonyl (C=O) groups is 1. The van der Waals surface area contributed by atoms with Crippen LogP contribution in [-0.2, 0) is 0 Å². The number of anilines is 2. The van der Waals surface area contributed by atoms with Crippen LogP contribution in [0.4, 0.5) is 11.5 Å². The molecule has 0 aliphatic carbocycles. The van der Waals surface area contributed by atoms with Crippen molar-refractivity contribution in [3.8, 4) is 0 Å². The summed E-state index contributed by atoms with van der Waals surface area (Å²) in [5.74, 6) is 0.0938. The molecule has 2 heterocycles. The quantitative estimate of drug-likeness (QED) is 0.673. The van der Waals surface area contributed by atoms with Gasteiger partial charge in [0.25, 0.3) is 5.91 Å². The molecule has 2 aromatic rings. The summed E-state index contributed by atoms with van der Waals surface area (Å²) in [5, 5.41) is 12.2. The molecule has 0 aliphatic heterocycles. The lowest BCUT2D eigenvalue weighted by molar-refractivity contribution is 0.102. The Morgan fingerprint density at radius 1 is 1.50 bits per heavy atom. The molecule has 0 bridgehead atoms. The van der Waals surface area contributed by atoms with E-state index in [0.717, 1.165) is 5.56 Å². The van der Waals surface area contributed by atoms with Crippen molar-refractivity contribution in [2.45, 2.75) is 6.92 Å². The molecule has 0 spiro atoms. The minimum absolute atomic E-state index is 0.207. The van der Waals surface area contributed by atoms with Crippen molar-refractivity contribution in [1.29, 1.82) is 0 Å². The van der Waals surface area contributed by atoms with Gasteiger partial charge in [0.1, 0.15) is 5.82 Å². The van der Waals surface area contributed by atoms with Crippen LogP contribution in [0.15, 0.2) is 18.5 Å². The Labute approximate surface area is 91.1 Å². The third-order valence-electron chi connectivity index (χ3n) is 1.98. The number of nitrogens with one attached hydrogen (secondary N) is 2. The molecule has 2 rings (SSSR count). The third kappa shape index (κ3) is 1.97. The first kappa shape index (κ1) is 10.1. The summed E-state index contributed by atoms with van der Waals surface area (Å²) in [5.41, 5.74) is 7.10. The number of pyridine rings is 1. The monoisotopic (exact) mass is 218 g/mol. The maximum atomic E-state index is 11.6. The van der Waals surface area contributed by atoms with Gasteiger partial charge in [0.2, 0.25) is 0 Å². The number of aromatic nitrogens is 4. The summed E-state index contributed by atoms with van der Waals surface area (Å²) in [6.45, 7) is 1.81. The van der Waals surface area contributed by atoms with Crippen molar-refractivity contribution in [2.24, 2.45) is 0 Å². The van der Waals surface area contributed by atoms with E-state index in [-0.39, 0.29) is 11.6 Å². The lowest BCUT2D eigenvalue weighted by Crippen LogP contribution is -2.14. The largest absolute Gasteiger partial charge is 0.397 e. The van der Waals surface area contributed by atoms with E-state index < -0.39 is 0 Å². The molecule has 16 heavy (non-hydrogen) atoms. The lowest BCUT2D eigenvalue weighted by Gasteiger charge is -2.05. The molecular weight excluding hydrogens is 208 g/mol. The molecule has 0 radical (unpaired) electrons. The standard InChI is InChI=1S/C9H10N6O/c1-5-2-6(10)3-11-8(5)13-9(16)7-4-12-15-14-7/h2-4H,10H2,1H3,(H,11,13,16)(H,12,14,15). The van der Waals surface area contributed by atoms with E-state index in [9.17, 15) is 4.79 Å². The Hall–Kier alpha value is -2.44. The van der Waals surface area contributed by atoms with Gasteiger partial charge in [0, 0.05) is 0 Å². The van der Waals surface area contributed by atoms with E-state index in [0.29, 0.717) is 11.5 Å². The number of nitrogens with two attached hydrogens (primary N) is 1. The van der Waals surface area contributed by atoms with Gasteiger partial charge in [-0.05, 0) is 18.6 Å². The van der Waals surface area contributed by atoms with Gasteiger partial charge in [0.05, 0.1) is 18.1 Å². The number of hydrogen-bond donors (Lipinski definition) is 3. The number of nitrogens with zero attached hydrogens (tertiary/aromatic N) is 3. The number of rotatable bonds is 2. The van der Waals surface area contributed by atoms with Crippen molar-refractivity contribution in [3.63, 3.8) is 0 Å². The zero-order valence-corrected chi connectivity index (χ0v) is 8.56. The molecule has 0 aliphatic rings. The number of aromatic amines is 1. The first-order chi connectivity index (χ1) is 7.66. The molecule has 1 amide bonds. The minimum Gasteiger partial charge on any atom is -0.397 e. The lowest BCUT2D eigenvalue weighted by atomic mass is 10.2. The fourth-order valence-corrected chi connectivity index (χ4v) is 1.21. The molecule has 0 atom stereocenters.